The van der Waals surface area contributed by atoms with E-state index in [9.17, 15) is 14.4 Å². The van der Waals surface area contributed by atoms with E-state index in [1.807, 2.05) is 6.92 Å². The van der Waals surface area contributed by atoms with E-state index in [-0.39, 0.29) is 23.4 Å². The Balaban J connectivity index is 2.13. The maximum absolute atomic E-state index is 13.2. The second kappa shape index (κ2) is 7.02. The van der Waals surface area contributed by atoms with Crippen LogP contribution in [0.1, 0.15) is 44.1 Å². The summed E-state index contributed by atoms with van der Waals surface area (Å²) in [7, 11) is 2.96. The zero-order chi connectivity index (χ0) is 21.7. The molecule has 0 bridgehead atoms. The average Bonchev–Trinajstić information content (AvgIpc) is 3.06. The van der Waals surface area contributed by atoms with Crippen molar-refractivity contribution in [2.45, 2.75) is 40.5 Å². The van der Waals surface area contributed by atoms with Gasteiger partial charge in [0.15, 0.2) is 17.3 Å². The van der Waals surface area contributed by atoms with Gasteiger partial charge in [0.25, 0.3) is 0 Å². The monoisotopic (exact) mass is 416 g/mol. The Kier molecular flexibility index (Phi) is 5.11. The highest BCUT2D eigenvalue weighted by atomic mass is 32.1. The number of hydrogen-bond acceptors (Lipinski definition) is 8. The van der Waals surface area contributed by atoms with Crippen molar-refractivity contribution >= 4 is 28.7 Å². The number of hydrogen-bond donors (Lipinski definition) is 0. The first-order valence-corrected chi connectivity index (χ1v) is 9.97. The first-order valence-electron chi connectivity index (χ1n) is 9.16. The minimum Gasteiger partial charge on any atom is -0.480 e. The molecule has 2 aromatic heterocycles. The molecule has 2 heterocycles. The van der Waals surface area contributed by atoms with Crippen LogP contribution in [-0.2, 0) is 14.4 Å². The number of carbonyl (C=O) groups is 3. The third kappa shape index (κ3) is 3.15. The number of methoxy groups -OCH3 is 2. The lowest BCUT2D eigenvalue weighted by Crippen LogP contribution is -2.56. The predicted octanol–water partition coefficient (Wildman–Crippen LogP) is 3.39. The molecule has 1 saturated carbocycles. The van der Waals surface area contributed by atoms with Crippen LogP contribution in [0.5, 0.6) is 11.9 Å². The van der Waals surface area contributed by atoms with Crippen LogP contribution in [0.15, 0.2) is 12.3 Å². The van der Waals surface area contributed by atoms with Crippen molar-refractivity contribution in [1.29, 1.82) is 0 Å². The van der Waals surface area contributed by atoms with Gasteiger partial charge >= 0.3 is 6.01 Å². The molecular weight excluding hydrogens is 392 g/mol. The second-order valence-electron chi connectivity index (χ2n) is 8.14. The maximum atomic E-state index is 13.2. The molecule has 8 heteroatoms. The zero-order valence-electron chi connectivity index (χ0n) is 17.6. The van der Waals surface area contributed by atoms with Crippen LogP contribution in [-0.4, -0.2) is 41.5 Å². The van der Waals surface area contributed by atoms with Gasteiger partial charge in [0, 0.05) is 16.0 Å². The third-order valence-corrected chi connectivity index (χ3v) is 6.63. The summed E-state index contributed by atoms with van der Waals surface area (Å²) in [5.41, 5.74) is -1.20. The number of carbonyl (C=O) groups excluding carboxylic acids is 3. The molecule has 3 rings (SSSR count). The molecule has 0 atom stereocenters. The fraction of sp³-hybridized carbons (Fsp3) is 0.476. The molecular formula is C21H24N2O5S. The fourth-order valence-corrected chi connectivity index (χ4v) is 4.88. The molecule has 0 radical (unpaired) electrons. The van der Waals surface area contributed by atoms with Crippen molar-refractivity contribution in [2.24, 2.45) is 10.8 Å². The summed E-state index contributed by atoms with van der Waals surface area (Å²) in [6.45, 7) is 8.25. The van der Waals surface area contributed by atoms with Crippen molar-refractivity contribution in [2.75, 3.05) is 14.2 Å². The topological polar surface area (TPSA) is 95.5 Å². The summed E-state index contributed by atoms with van der Waals surface area (Å²) in [5.74, 6) is -1.71. The number of thiophene rings is 1. The predicted molar refractivity (Wildman–Crippen MR) is 109 cm³/mol. The zero-order valence-corrected chi connectivity index (χ0v) is 18.4. The highest BCUT2D eigenvalue weighted by Gasteiger charge is 2.58. The van der Waals surface area contributed by atoms with E-state index in [0.29, 0.717) is 17.0 Å². The maximum Gasteiger partial charge on any atom is 0.319 e. The van der Waals surface area contributed by atoms with E-state index >= 15 is 0 Å². The van der Waals surface area contributed by atoms with E-state index in [0.717, 1.165) is 9.75 Å². The van der Waals surface area contributed by atoms with Crippen molar-refractivity contribution in [3.63, 3.8) is 0 Å². The summed E-state index contributed by atoms with van der Waals surface area (Å²) in [5, 5.41) is 0. The standard InChI is InChI=1S/C21H24N2O5S/c1-10-11(14-15(24)20(2,3)18(26)21(4,5)16(14)25)8-13(29-10)12-9-22-19(28-7)23-17(12)27-6/h8-9,14H,1-7H3. The van der Waals surface area contributed by atoms with Crippen LogP contribution in [0.4, 0.5) is 0 Å². The Labute approximate surface area is 173 Å². The molecule has 0 aromatic carbocycles. The molecule has 29 heavy (non-hydrogen) atoms. The lowest BCUT2D eigenvalue weighted by Gasteiger charge is -2.40. The molecule has 1 fully saturated rings. The second-order valence-corrected chi connectivity index (χ2v) is 9.40. The van der Waals surface area contributed by atoms with Crippen LogP contribution in [0.25, 0.3) is 10.4 Å². The van der Waals surface area contributed by atoms with Crippen molar-refractivity contribution in [3.05, 3.63) is 22.7 Å². The summed E-state index contributed by atoms with van der Waals surface area (Å²) in [6.07, 6.45) is 1.58. The highest BCUT2D eigenvalue weighted by Crippen LogP contribution is 2.47. The fourth-order valence-electron chi connectivity index (χ4n) is 3.82. The Hall–Kier alpha value is -2.61. The molecule has 0 aliphatic heterocycles. The summed E-state index contributed by atoms with van der Waals surface area (Å²) in [6, 6.07) is 1.98. The van der Waals surface area contributed by atoms with Gasteiger partial charge in [-0.25, -0.2) is 4.98 Å². The van der Waals surface area contributed by atoms with Gasteiger partial charge < -0.3 is 9.47 Å². The average molecular weight is 416 g/mol. The number of aryl methyl sites for hydroxylation is 1. The first-order chi connectivity index (χ1) is 13.5. The van der Waals surface area contributed by atoms with Gasteiger partial charge in [-0.05, 0) is 46.2 Å². The lowest BCUT2D eigenvalue weighted by molar-refractivity contribution is -0.157. The third-order valence-electron chi connectivity index (χ3n) is 5.53. The quantitative estimate of drug-likeness (QED) is 0.705. The number of rotatable bonds is 4. The molecule has 1 aliphatic rings. The van der Waals surface area contributed by atoms with Crippen LogP contribution in [0.2, 0.25) is 0 Å². The minimum absolute atomic E-state index is 0.179. The molecule has 154 valence electrons. The van der Waals surface area contributed by atoms with Gasteiger partial charge in [-0.2, -0.15) is 4.98 Å². The molecule has 0 N–H and O–H groups in total. The molecule has 1 aliphatic carbocycles. The van der Waals surface area contributed by atoms with Crippen molar-refractivity contribution < 1.29 is 23.9 Å². The van der Waals surface area contributed by atoms with Crippen LogP contribution < -0.4 is 9.47 Å². The van der Waals surface area contributed by atoms with Crippen LogP contribution in [0.3, 0.4) is 0 Å². The normalized spacial score (nSPS) is 18.8. The van der Waals surface area contributed by atoms with Gasteiger partial charge in [0.2, 0.25) is 5.88 Å². The van der Waals surface area contributed by atoms with E-state index in [1.54, 1.807) is 40.0 Å². The molecule has 0 unspecified atom stereocenters. The largest absolute Gasteiger partial charge is 0.480 e. The minimum atomic E-state index is -1.22. The molecule has 0 amide bonds. The van der Waals surface area contributed by atoms with E-state index in [4.69, 9.17) is 9.47 Å². The smallest absolute Gasteiger partial charge is 0.319 e. The lowest BCUT2D eigenvalue weighted by atomic mass is 9.57. The van der Waals surface area contributed by atoms with Gasteiger partial charge in [-0.3, -0.25) is 14.4 Å². The van der Waals surface area contributed by atoms with E-state index in [1.165, 1.54) is 25.6 Å². The molecule has 2 aromatic rings. The SMILES string of the molecule is COc1ncc(-c2cc(C3C(=O)C(C)(C)C(=O)C(C)(C)C3=O)c(C)s2)c(OC)n1. The summed E-state index contributed by atoms with van der Waals surface area (Å²) >= 11 is 1.42. The van der Waals surface area contributed by atoms with Gasteiger partial charge in [-0.1, -0.05) is 0 Å². The van der Waals surface area contributed by atoms with E-state index in [2.05, 4.69) is 9.97 Å². The van der Waals surface area contributed by atoms with Gasteiger partial charge in [0.1, 0.15) is 5.92 Å². The van der Waals surface area contributed by atoms with Crippen LogP contribution in [0, 0.1) is 17.8 Å². The Bertz CT molecular complexity index is 992. The Morgan fingerprint density at radius 3 is 2.10 bits per heavy atom. The van der Waals surface area contributed by atoms with E-state index < -0.39 is 16.7 Å². The highest BCUT2D eigenvalue weighted by molar-refractivity contribution is 7.15. The Morgan fingerprint density at radius 1 is 1.00 bits per heavy atom. The summed E-state index contributed by atoms with van der Waals surface area (Å²) in [4.78, 5) is 49.0. The van der Waals surface area contributed by atoms with Gasteiger partial charge in [-0.15, -0.1) is 11.3 Å². The first kappa shape index (κ1) is 21.1. The molecule has 7 nitrogen and oxygen atoms in total. The number of ketones is 3. The van der Waals surface area contributed by atoms with Gasteiger partial charge in [0.05, 0.1) is 30.6 Å². The molecule has 0 saturated heterocycles. The number of Topliss-reactive ketones (excluding diaryl/α,β-unsaturated/α-hetero) is 3. The Morgan fingerprint density at radius 2 is 1.59 bits per heavy atom. The van der Waals surface area contributed by atoms with Crippen molar-refractivity contribution in [1.82, 2.24) is 9.97 Å². The van der Waals surface area contributed by atoms with Crippen molar-refractivity contribution in [3.8, 4) is 22.3 Å². The number of ether oxygens (including phenoxy) is 2. The summed E-state index contributed by atoms with van der Waals surface area (Å²) < 4.78 is 10.4. The van der Waals surface area contributed by atoms with Crippen LogP contribution >= 0.6 is 11.3 Å². The number of nitrogens with zero attached hydrogens (tertiary/aromatic N) is 2. The molecule has 0 spiro atoms. The number of aromatic nitrogens is 2.